The lowest BCUT2D eigenvalue weighted by Crippen LogP contribution is -2.33. The Morgan fingerprint density at radius 2 is 2.12 bits per heavy atom. The SMILES string of the molecule is CCN(c1cc(C#N)ccc1N)C1CCCC1. The monoisotopic (exact) mass is 229 g/mol. The van der Waals surface area contributed by atoms with Crippen molar-refractivity contribution in [1.29, 1.82) is 5.26 Å². The van der Waals surface area contributed by atoms with E-state index in [4.69, 9.17) is 11.0 Å². The van der Waals surface area contributed by atoms with E-state index in [-0.39, 0.29) is 0 Å². The first kappa shape index (κ1) is 11.8. The minimum Gasteiger partial charge on any atom is -0.397 e. The highest BCUT2D eigenvalue weighted by Crippen LogP contribution is 2.32. The first-order chi connectivity index (χ1) is 8.26. The van der Waals surface area contributed by atoms with Crippen molar-refractivity contribution in [2.75, 3.05) is 17.2 Å². The van der Waals surface area contributed by atoms with Gasteiger partial charge in [-0.3, -0.25) is 0 Å². The molecule has 1 fully saturated rings. The second kappa shape index (κ2) is 5.09. The number of benzene rings is 1. The van der Waals surface area contributed by atoms with Gasteiger partial charge in [-0.2, -0.15) is 5.26 Å². The Hall–Kier alpha value is -1.69. The van der Waals surface area contributed by atoms with Crippen LogP contribution in [0.4, 0.5) is 11.4 Å². The van der Waals surface area contributed by atoms with E-state index in [0.29, 0.717) is 11.6 Å². The molecule has 3 nitrogen and oxygen atoms in total. The lowest BCUT2D eigenvalue weighted by atomic mass is 10.1. The molecule has 3 heteroatoms. The quantitative estimate of drug-likeness (QED) is 0.811. The van der Waals surface area contributed by atoms with Crippen molar-refractivity contribution < 1.29 is 0 Å². The molecule has 0 atom stereocenters. The second-order valence-corrected chi connectivity index (χ2v) is 4.61. The summed E-state index contributed by atoms with van der Waals surface area (Å²) in [4.78, 5) is 2.35. The van der Waals surface area contributed by atoms with Crippen LogP contribution in [0.3, 0.4) is 0 Å². The third kappa shape index (κ3) is 2.36. The lowest BCUT2D eigenvalue weighted by Gasteiger charge is -2.31. The summed E-state index contributed by atoms with van der Waals surface area (Å²) in [6.45, 7) is 3.10. The van der Waals surface area contributed by atoms with Crippen molar-refractivity contribution in [3.8, 4) is 6.07 Å². The van der Waals surface area contributed by atoms with Crippen LogP contribution in [0.15, 0.2) is 18.2 Å². The van der Waals surface area contributed by atoms with Crippen molar-refractivity contribution in [1.82, 2.24) is 0 Å². The highest BCUT2D eigenvalue weighted by molar-refractivity contribution is 5.70. The van der Waals surface area contributed by atoms with E-state index < -0.39 is 0 Å². The Bertz CT molecular complexity index is 428. The molecule has 0 unspecified atom stereocenters. The number of nitrogens with two attached hydrogens (primary N) is 1. The summed E-state index contributed by atoms with van der Waals surface area (Å²) >= 11 is 0. The smallest absolute Gasteiger partial charge is 0.0992 e. The highest BCUT2D eigenvalue weighted by Gasteiger charge is 2.23. The Balaban J connectivity index is 2.32. The fraction of sp³-hybridized carbons (Fsp3) is 0.500. The van der Waals surface area contributed by atoms with Crippen LogP contribution < -0.4 is 10.6 Å². The van der Waals surface area contributed by atoms with Crippen LogP contribution in [-0.2, 0) is 0 Å². The molecule has 0 radical (unpaired) electrons. The first-order valence-electron chi connectivity index (χ1n) is 6.32. The van der Waals surface area contributed by atoms with Crippen molar-refractivity contribution >= 4 is 11.4 Å². The van der Waals surface area contributed by atoms with Crippen LogP contribution in [0.5, 0.6) is 0 Å². The molecule has 1 aromatic carbocycles. The maximum Gasteiger partial charge on any atom is 0.0992 e. The highest BCUT2D eigenvalue weighted by atomic mass is 15.2. The van der Waals surface area contributed by atoms with Crippen LogP contribution in [0.1, 0.15) is 38.2 Å². The van der Waals surface area contributed by atoms with Gasteiger partial charge in [0.05, 0.1) is 23.0 Å². The molecule has 0 aliphatic heterocycles. The molecule has 1 aromatic rings. The minimum atomic E-state index is 0.594. The molecule has 0 bridgehead atoms. The van der Waals surface area contributed by atoms with E-state index in [1.54, 1.807) is 6.07 Å². The van der Waals surface area contributed by atoms with Crippen LogP contribution >= 0.6 is 0 Å². The standard InChI is InChI=1S/C14H19N3/c1-2-17(12-5-3-4-6-12)14-9-11(10-15)7-8-13(14)16/h7-9,12H,2-6,16H2,1H3. The normalized spacial score (nSPS) is 15.8. The minimum absolute atomic E-state index is 0.594. The van der Waals surface area contributed by atoms with E-state index in [9.17, 15) is 0 Å². The van der Waals surface area contributed by atoms with Gasteiger partial charge in [-0.05, 0) is 38.0 Å². The third-order valence-corrected chi connectivity index (χ3v) is 3.58. The molecule has 0 amide bonds. The zero-order chi connectivity index (χ0) is 12.3. The zero-order valence-electron chi connectivity index (χ0n) is 10.3. The van der Waals surface area contributed by atoms with Gasteiger partial charge in [0.25, 0.3) is 0 Å². The van der Waals surface area contributed by atoms with Gasteiger partial charge in [0.2, 0.25) is 0 Å². The summed E-state index contributed by atoms with van der Waals surface area (Å²) in [5, 5.41) is 8.96. The maximum absolute atomic E-state index is 8.96. The van der Waals surface area contributed by atoms with E-state index in [0.717, 1.165) is 17.9 Å². The topological polar surface area (TPSA) is 53.0 Å². The molecule has 90 valence electrons. The van der Waals surface area contributed by atoms with Gasteiger partial charge in [0.1, 0.15) is 0 Å². The Kier molecular flexibility index (Phi) is 3.53. The summed E-state index contributed by atoms with van der Waals surface area (Å²) in [5.41, 5.74) is 8.52. The molecule has 2 rings (SSSR count). The largest absolute Gasteiger partial charge is 0.397 e. The maximum atomic E-state index is 8.96. The molecule has 1 aliphatic rings. The van der Waals surface area contributed by atoms with E-state index in [1.807, 2.05) is 12.1 Å². The van der Waals surface area contributed by atoms with Crippen LogP contribution in [0, 0.1) is 11.3 Å². The molecule has 0 spiro atoms. The fourth-order valence-corrected chi connectivity index (χ4v) is 2.70. The molecule has 1 aliphatic carbocycles. The number of nitrogen functional groups attached to an aromatic ring is 1. The summed E-state index contributed by atoms with van der Waals surface area (Å²) in [7, 11) is 0. The van der Waals surface area contributed by atoms with Crippen LogP contribution in [0.25, 0.3) is 0 Å². The zero-order valence-corrected chi connectivity index (χ0v) is 10.3. The Morgan fingerprint density at radius 1 is 1.41 bits per heavy atom. The van der Waals surface area contributed by atoms with Gasteiger partial charge < -0.3 is 10.6 Å². The Labute approximate surface area is 103 Å². The number of nitriles is 1. The van der Waals surface area contributed by atoms with Crippen molar-refractivity contribution in [2.45, 2.75) is 38.6 Å². The molecular weight excluding hydrogens is 210 g/mol. The molecule has 0 saturated heterocycles. The van der Waals surface area contributed by atoms with E-state index in [1.165, 1.54) is 25.7 Å². The third-order valence-electron chi connectivity index (χ3n) is 3.58. The van der Waals surface area contributed by atoms with Crippen molar-refractivity contribution in [3.05, 3.63) is 23.8 Å². The summed E-state index contributed by atoms with van der Waals surface area (Å²) in [6.07, 6.45) is 5.09. The van der Waals surface area contributed by atoms with Gasteiger partial charge in [0, 0.05) is 12.6 Å². The molecule has 0 heterocycles. The molecule has 0 aromatic heterocycles. The van der Waals surface area contributed by atoms with Crippen molar-refractivity contribution in [2.24, 2.45) is 0 Å². The average molecular weight is 229 g/mol. The number of hydrogen-bond acceptors (Lipinski definition) is 3. The lowest BCUT2D eigenvalue weighted by molar-refractivity contribution is 0.620. The van der Waals surface area contributed by atoms with Crippen LogP contribution in [0.2, 0.25) is 0 Å². The molecule has 17 heavy (non-hydrogen) atoms. The van der Waals surface area contributed by atoms with E-state index in [2.05, 4.69) is 17.9 Å². The first-order valence-corrected chi connectivity index (χ1v) is 6.32. The number of anilines is 2. The van der Waals surface area contributed by atoms with Gasteiger partial charge in [-0.25, -0.2) is 0 Å². The molecule has 1 saturated carbocycles. The fourth-order valence-electron chi connectivity index (χ4n) is 2.70. The van der Waals surface area contributed by atoms with Gasteiger partial charge in [0.15, 0.2) is 0 Å². The van der Waals surface area contributed by atoms with Gasteiger partial charge >= 0.3 is 0 Å². The van der Waals surface area contributed by atoms with Gasteiger partial charge in [-0.15, -0.1) is 0 Å². The predicted octanol–water partition coefficient (Wildman–Crippen LogP) is 2.91. The Morgan fingerprint density at radius 3 is 2.71 bits per heavy atom. The summed E-state index contributed by atoms with van der Waals surface area (Å²) in [6, 6.07) is 8.31. The summed E-state index contributed by atoms with van der Waals surface area (Å²) < 4.78 is 0. The summed E-state index contributed by atoms with van der Waals surface area (Å²) in [5.74, 6) is 0. The molecular formula is C14H19N3. The predicted molar refractivity (Wildman–Crippen MR) is 70.8 cm³/mol. The van der Waals surface area contributed by atoms with E-state index >= 15 is 0 Å². The second-order valence-electron chi connectivity index (χ2n) is 4.61. The number of hydrogen-bond donors (Lipinski definition) is 1. The van der Waals surface area contributed by atoms with Crippen LogP contribution in [-0.4, -0.2) is 12.6 Å². The van der Waals surface area contributed by atoms with Gasteiger partial charge in [-0.1, -0.05) is 12.8 Å². The van der Waals surface area contributed by atoms with Crippen molar-refractivity contribution in [3.63, 3.8) is 0 Å². The number of rotatable bonds is 3. The number of nitrogens with zero attached hydrogens (tertiary/aromatic N) is 2. The average Bonchev–Trinajstić information content (AvgIpc) is 2.86. The molecule has 2 N–H and O–H groups in total.